The molecule has 1 fully saturated rings. The molecule has 0 amide bonds. The van der Waals surface area contributed by atoms with E-state index in [1.165, 1.54) is 62.1 Å². The molecule has 1 saturated heterocycles. The van der Waals surface area contributed by atoms with Crippen molar-refractivity contribution in [3.8, 4) is 6.07 Å². The zero-order valence-electron chi connectivity index (χ0n) is 22.3. The first-order chi connectivity index (χ1) is 16.3. The molecule has 1 heterocycles. The lowest BCUT2D eigenvalue weighted by Crippen LogP contribution is -2.43. The van der Waals surface area contributed by atoms with Crippen molar-refractivity contribution in [3.63, 3.8) is 0 Å². The smallest absolute Gasteiger partial charge is 0.0994 e. The minimum Gasteiger partial charge on any atom is -0.372 e. The van der Waals surface area contributed by atoms with E-state index in [4.69, 9.17) is 0 Å². The van der Waals surface area contributed by atoms with E-state index < -0.39 is 0 Å². The van der Waals surface area contributed by atoms with E-state index in [2.05, 4.69) is 93.9 Å². The number of likely N-dealkylation sites (tertiary alicyclic amines) is 1. The van der Waals surface area contributed by atoms with Gasteiger partial charge in [0, 0.05) is 18.8 Å². The van der Waals surface area contributed by atoms with Gasteiger partial charge in [0.05, 0.1) is 11.6 Å². The molecule has 3 heteroatoms. The average molecular weight is 460 g/mol. The van der Waals surface area contributed by atoms with Crippen LogP contribution in [-0.2, 0) is 0 Å². The summed E-state index contributed by atoms with van der Waals surface area (Å²) < 4.78 is 0. The number of hydrogen-bond donors (Lipinski definition) is 0. The molecule has 0 N–H and O–H groups in total. The fourth-order valence-corrected chi connectivity index (χ4v) is 5.55. The average Bonchev–Trinajstić information content (AvgIpc) is 2.86. The highest BCUT2D eigenvalue weighted by molar-refractivity contribution is 5.49. The van der Waals surface area contributed by atoms with Crippen molar-refractivity contribution in [3.05, 3.63) is 64.7 Å². The maximum Gasteiger partial charge on any atom is 0.0994 e. The molecule has 3 nitrogen and oxygen atoms in total. The van der Waals surface area contributed by atoms with Crippen LogP contribution in [0.3, 0.4) is 0 Å². The van der Waals surface area contributed by atoms with Gasteiger partial charge in [-0.15, -0.1) is 0 Å². The van der Waals surface area contributed by atoms with Crippen molar-refractivity contribution in [2.45, 2.75) is 84.6 Å². The Kier molecular flexibility index (Phi) is 9.60. The minimum absolute atomic E-state index is 0.564. The van der Waals surface area contributed by atoms with Crippen molar-refractivity contribution in [2.24, 2.45) is 5.92 Å². The second-order valence-corrected chi connectivity index (χ2v) is 10.7. The van der Waals surface area contributed by atoms with Gasteiger partial charge >= 0.3 is 0 Å². The second-order valence-electron chi connectivity index (χ2n) is 10.7. The Morgan fingerprint density at radius 1 is 1.06 bits per heavy atom. The van der Waals surface area contributed by atoms with Gasteiger partial charge in [-0.25, -0.2) is 0 Å². The van der Waals surface area contributed by atoms with Crippen LogP contribution in [0, 0.1) is 24.2 Å². The molecule has 2 aromatic rings. The Balaban J connectivity index is 1.46. The van der Waals surface area contributed by atoms with E-state index >= 15 is 0 Å². The Hall–Kier alpha value is -2.31. The summed E-state index contributed by atoms with van der Waals surface area (Å²) in [5.74, 6) is 1.92. The summed E-state index contributed by atoms with van der Waals surface area (Å²) in [5.41, 5.74) is 6.08. The van der Waals surface area contributed by atoms with Crippen molar-refractivity contribution >= 4 is 5.69 Å². The number of nitrogens with zero attached hydrogens (tertiary/aromatic N) is 3. The van der Waals surface area contributed by atoms with Gasteiger partial charge in [-0.2, -0.15) is 5.26 Å². The lowest BCUT2D eigenvalue weighted by Gasteiger charge is -2.39. The summed E-state index contributed by atoms with van der Waals surface area (Å²) in [5, 5.41) is 9.20. The van der Waals surface area contributed by atoms with Crippen molar-refractivity contribution in [1.29, 1.82) is 5.26 Å². The molecule has 1 aliphatic heterocycles. The molecule has 2 aromatic carbocycles. The topological polar surface area (TPSA) is 30.3 Å². The number of piperidine rings is 1. The number of hydrogen-bond acceptors (Lipinski definition) is 3. The van der Waals surface area contributed by atoms with E-state index in [0.717, 1.165) is 23.5 Å². The monoisotopic (exact) mass is 459 g/mol. The fraction of sp³-hybridized carbons (Fsp3) is 0.581. The Labute approximate surface area is 208 Å². The van der Waals surface area contributed by atoms with Crippen LogP contribution >= 0.6 is 0 Å². The zero-order chi connectivity index (χ0) is 24.7. The van der Waals surface area contributed by atoms with Crippen molar-refractivity contribution in [2.75, 3.05) is 31.6 Å². The molecule has 0 aromatic heterocycles. The molecule has 0 radical (unpaired) electrons. The number of benzene rings is 2. The standard InChI is InChI=1S/C31H45N3/c1-7-26(29-13-14-30(22-32)24(4)20-29)11-9-17-34-18-15-27(16-19-34)25(5)33(6)31-12-8-10-28(21-31)23(2)3/h8,10,12-14,20-21,23,25-27H,7,9,11,15-19H2,1-6H3. The molecule has 0 bridgehead atoms. The molecule has 3 rings (SSSR count). The third-order valence-electron chi connectivity index (χ3n) is 8.23. The second kappa shape index (κ2) is 12.4. The maximum absolute atomic E-state index is 9.20. The Morgan fingerprint density at radius 2 is 1.79 bits per heavy atom. The Bertz CT molecular complexity index is 949. The molecule has 0 saturated carbocycles. The van der Waals surface area contributed by atoms with Gasteiger partial charge in [0.2, 0.25) is 0 Å². The zero-order valence-corrected chi connectivity index (χ0v) is 22.3. The van der Waals surface area contributed by atoms with Gasteiger partial charge < -0.3 is 9.80 Å². The SMILES string of the molecule is CCC(CCCN1CCC(C(C)N(C)c2cccc(C(C)C)c2)CC1)c1ccc(C#N)c(C)c1. The van der Waals surface area contributed by atoms with Crippen LogP contribution in [0.15, 0.2) is 42.5 Å². The van der Waals surface area contributed by atoms with Crippen molar-refractivity contribution < 1.29 is 0 Å². The van der Waals surface area contributed by atoms with Gasteiger partial charge in [0.15, 0.2) is 0 Å². The van der Waals surface area contributed by atoms with Gasteiger partial charge in [0.25, 0.3) is 0 Å². The van der Waals surface area contributed by atoms with Crippen LogP contribution in [-0.4, -0.2) is 37.6 Å². The number of anilines is 1. The van der Waals surface area contributed by atoms with E-state index in [1.54, 1.807) is 0 Å². The molecule has 2 atom stereocenters. The van der Waals surface area contributed by atoms with E-state index in [0.29, 0.717) is 17.9 Å². The lowest BCUT2D eigenvalue weighted by molar-refractivity contribution is 0.167. The Morgan fingerprint density at radius 3 is 2.41 bits per heavy atom. The summed E-state index contributed by atoms with van der Waals surface area (Å²) in [4.78, 5) is 5.18. The predicted octanol–water partition coefficient (Wildman–Crippen LogP) is 7.50. The molecular weight excluding hydrogens is 414 g/mol. The fourth-order valence-electron chi connectivity index (χ4n) is 5.55. The molecule has 2 unspecified atom stereocenters. The van der Waals surface area contributed by atoms with Gasteiger partial charge in [-0.3, -0.25) is 0 Å². The minimum atomic E-state index is 0.564. The molecule has 34 heavy (non-hydrogen) atoms. The number of nitriles is 1. The van der Waals surface area contributed by atoms with E-state index in [1.807, 2.05) is 6.07 Å². The molecule has 1 aliphatic rings. The third-order valence-corrected chi connectivity index (χ3v) is 8.23. The quantitative estimate of drug-likeness (QED) is 0.368. The summed E-state index contributed by atoms with van der Waals surface area (Å²) in [6.07, 6.45) is 6.23. The van der Waals surface area contributed by atoms with E-state index in [9.17, 15) is 5.26 Å². The first-order valence-corrected chi connectivity index (χ1v) is 13.4. The predicted molar refractivity (Wildman–Crippen MR) is 146 cm³/mol. The molecule has 0 aliphatic carbocycles. The van der Waals surface area contributed by atoms with Crippen LogP contribution in [0.5, 0.6) is 0 Å². The van der Waals surface area contributed by atoms with Crippen LogP contribution in [0.2, 0.25) is 0 Å². The van der Waals surface area contributed by atoms with Gasteiger partial charge in [-0.05, 0) is 118 Å². The molecular formula is C31H45N3. The first-order valence-electron chi connectivity index (χ1n) is 13.4. The van der Waals surface area contributed by atoms with Crippen molar-refractivity contribution in [1.82, 2.24) is 4.90 Å². The van der Waals surface area contributed by atoms with Crippen LogP contribution in [0.1, 0.15) is 93.9 Å². The highest BCUT2D eigenvalue weighted by Gasteiger charge is 2.26. The number of aryl methyl sites for hydroxylation is 1. The van der Waals surface area contributed by atoms with Crippen LogP contribution in [0.25, 0.3) is 0 Å². The number of rotatable bonds is 10. The molecule has 0 spiro atoms. The highest BCUT2D eigenvalue weighted by atomic mass is 15.2. The third kappa shape index (κ3) is 6.63. The summed E-state index contributed by atoms with van der Waals surface area (Å²) >= 11 is 0. The van der Waals surface area contributed by atoms with Crippen LogP contribution in [0.4, 0.5) is 5.69 Å². The largest absolute Gasteiger partial charge is 0.372 e. The summed E-state index contributed by atoms with van der Waals surface area (Å²) in [6, 6.07) is 18.3. The maximum atomic E-state index is 9.20. The summed E-state index contributed by atoms with van der Waals surface area (Å²) in [6.45, 7) is 15.0. The summed E-state index contributed by atoms with van der Waals surface area (Å²) in [7, 11) is 2.27. The van der Waals surface area contributed by atoms with Crippen LogP contribution < -0.4 is 4.90 Å². The lowest BCUT2D eigenvalue weighted by atomic mass is 9.88. The van der Waals surface area contributed by atoms with Gasteiger partial charge in [0.1, 0.15) is 0 Å². The van der Waals surface area contributed by atoms with E-state index in [-0.39, 0.29) is 0 Å². The first kappa shape index (κ1) is 26.3. The van der Waals surface area contributed by atoms with Gasteiger partial charge in [-0.1, -0.05) is 45.0 Å². The normalized spacial score (nSPS) is 16.9. The molecule has 184 valence electrons. The highest BCUT2D eigenvalue weighted by Crippen LogP contribution is 2.30.